The second-order valence-electron chi connectivity index (χ2n) is 8.42. The van der Waals surface area contributed by atoms with E-state index in [0.717, 1.165) is 25.3 Å². The topological polar surface area (TPSA) is 85.2 Å². The van der Waals surface area contributed by atoms with Crippen LogP contribution in [0.4, 0.5) is 10.2 Å². The Kier molecular flexibility index (Phi) is 4.89. The Morgan fingerprint density at radius 2 is 1.94 bits per heavy atom. The Morgan fingerprint density at radius 3 is 2.69 bits per heavy atom. The fourth-order valence-corrected chi connectivity index (χ4v) is 4.73. The summed E-state index contributed by atoms with van der Waals surface area (Å²) < 4.78 is 20.3. The third kappa shape index (κ3) is 3.82. The zero-order chi connectivity index (χ0) is 22.3. The monoisotopic (exact) mass is 454 g/mol. The molecule has 1 aromatic carbocycles. The van der Waals surface area contributed by atoms with Crippen LogP contribution in [0.15, 0.2) is 65.6 Å². The summed E-state index contributed by atoms with van der Waals surface area (Å²) in [7, 11) is 0. The van der Waals surface area contributed by atoms with Gasteiger partial charge in [0.15, 0.2) is 6.61 Å². The summed E-state index contributed by atoms with van der Waals surface area (Å²) in [6.45, 7) is -0.196. The molecule has 1 amide bonds. The molecule has 3 aliphatic carbocycles. The number of amides is 1. The minimum atomic E-state index is -0.591. The van der Waals surface area contributed by atoms with Crippen molar-refractivity contribution in [1.82, 2.24) is 14.9 Å². The smallest absolute Gasteiger partial charge is 0.258 e. The number of carbonyl (C=O) groups is 1. The molecule has 9 heteroatoms. The molecule has 0 aliphatic heterocycles. The van der Waals surface area contributed by atoms with Crippen LogP contribution >= 0.6 is 11.6 Å². The van der Waals surface area contributed by atoms with Crippen LogP contribution in [0.2, 0.25) is 5.02 Å². The second-order valence-corrected chi connectivity index (χ2v) is 8.83. The van der Waals surface area contributed by atoms with Crippen LogP contribution < -0.4 is 20.9 Å². The molecule has 32 heavy (non-hydrogen) atoms. The summed E-state index contributed by atoms with van der Waals surface area (Å²) in [5, 5.41) is 6.48. The van der Waals surface area contributed by atoms with Crippen LogP contribution in [-0.2, 0) is 4.79 Å². The van der Waals surface area contributed by atoms with Crippen molar-refractivity contribution in [2.24, 2.45) is 0 Å². The molecule has 6 rings (SSSR count). The van der Waals surface area contributed by atoms with E-state index in [4.69, 9.17) is 16.3 Å². The van der Waals surface area contributed by atoms with E-state index < -0.39 is 5.82 Å². The van der Waals surface area contributed by atoms with Crippen molar-refractivity contribution in [3.05, 3.63) is 82.0 Å². The van der Waals surface area contributed by atoms with Crippen LogP contribution in [0.1, 0.15) is 19.3 Å². The lowest BCUT2D eigenvalue weighted by atomic mass is 9.44. The third-order valence-corrected chi connectivity index (χ3v) is 6.20. The van der Waals surface area contributed by atoms with Gasteiger partial charge in [-0.15, -0.1) is 0 Å². The van der Waals surface area contributed by atoms with Crippen molar-refractivity contribution < 1.29 is 13.9 Å². The molecule has 0 saturated heterocycles. The molecular weight excluding hydrogens is 435 g/mol. The minimum Gasteiger partial charge on any atom is -0.484 e. The second kappa shape index (κ2) is 7.63. The van der Waals surface area contributed by atoms with Gasteiger partial charge in [0.25, 0.3) is 11.5 Å². The molecule has 3 saturated carbocycles. The first-order valence-electron chi connectivity index (χ1n) is 10.2. The van der Waals surface area contributed by atoms with Gasteiger partial charge in [-0.2, -0.15) is 0 Å². The number of nitrogens with one attached hydrogen (secondary N) is 2. The molecule has 3 aliphatic rings. The van der Waals surface area contributed by atoms with Gasteiger partial charge < -0.3 is 15.4 Å². The number of carbonyl (C=O) groups excluding carboxylic acids is 1. The first-order valence-corrected chi connectivity index (χ1v) is 10.6. The number of pyridine rings is 2. The highest BCUT2D eigenvalue weighted by Gasteiger charge is 2.68. The molecule has 0 spiro atoms. The van der Waals surface area contributed by atoms with Crippen molar-refractivity contribution in [3.63, 3.8) is 0 Å². The molecule has 2 aromatic heterocycles. The van der Waals surface area contributed by atoms with Gasteiger partial charge in [0.2, 0.25) is 0 Å². The Labute approximate surface area is 188 Å². The van der Waals surface area contributed by atoms with E-state index in [1.165, 1.54) is 22.8 Å². The summed E-state index contributed by atoms with van der Waals surface area (Å²) in [6, 6.07) is 14.5. The predicted octanol–water partition coefficient (Wildman–Crippen LogP) is 3.31. The number of ether oxygens (including phenoxy) is 1. The molecule has 0 radical (unpaired) electrons. The summed E-state index contributed by atoms with van der Waals surface area (Å²) in [6.07, 6.45) is 4.01. The number of aromatic nitrogens is 2. The fourth-order valence-electron chi connectivity index (χ4n) is 4.62. The standard InChI is InChI=1S/C23H20ClFN4O3/c24-16-8-7-15(10-17(16)25)32-11-20(30)28-23-12-22(13-23,14-23)27-18-4-3-5-19(26-18)29-9-2-1-6-21(29)31/h1-10H,11-14H2,(H,26,27)(H,28,30). The van der Waals surface area contributed by atoms with Crippen LogP contribution in [0.25, 0.3) is 5.82 Å². The van der Waals surface area contributed by atoms with Crippen molar-refractivity contribution in [3.8, 4) is 11.6 Å². The molecule has 2 heterocycles. The lowest BCUT2D eigenvalue weighted by Crippen LogP contribution is -2.81. The molecule has 3 aromatic rings. The van der Waals surface area contributed by atoms with E-state index in [0.29, 0.717) is 11.6 Å². The quantitative estimate of drug-likeness (QED) is 0.572. The zero-order valence-electron chi connectivity index (χ0n) is 17.0. The minimum absolute atomic E-state index is 0.00400. The number of nitrogens with zero attached hydrogens (tertiary/aromatic N) is 2. The van der Waals surface area contributed by atoms with Gasteiger partial charge in [-0.25, -0.2) is 9.37 Å². The first kappa shape index (κ1) is 20.5. The van der Waals surface area contributed by atoms with Crippen molar-refractivity contribution in [1.29, 1.82) is 0 Å². The lowest BCUT2D eigenvalue weighted by Gasteiger charge is -2.70. The van der Waals surface area contributed by atoms with Crippen LogP contribution in [-0.4, -0.2) is 33.1 Å². The molecule has 7 nitrogen and oxygen atoms in total. The van der Waals surface area contributed by atoms with Crippen molar-refractivity contribution in [2.75, 3.05) is 11.9 Å². The summed E-state index contributed by atoms with van der Waals surface area (Å²) in [4.78, 5) is 28.9. The average Bonchev–Trinajstić information content (AvgIpc) is 2.73. The Bertz CT molecular complexity index is 1240. The van der Waals surface area contributed by atoms with E-state index in [9.17, 15) is 14.0 Å². The number of rotatable bonds is 7. The maximum atomic E-state index is 13.5. The van der Waals surface area contributed by atoms with Crippen LogP contribution in [0.3, 0.4) is 0 Å². The van der Waals surface area contributed by atoms with Gasteiger partial charge >= 0.3 is 0 Å². The zero-order valence-corrected chi connectivity index (χ0v) is 17.7. The number of halogens is 2. The highest BCUT2D eigenvalue weighted by Crippen LogP contribution is 2.61. The Balaban J connectivity index is 1.15. The summed E-state index contributed by atoms with van der Waals surface area (Å²) in [5.74, 6) is 0.641. The van der Waals surface area contributed by atoms with Gasteiger partial charge in [-0.3, -0.25) is 14.2 Å². The molecule has 0 unspecified atom stereocenters. The molecule has 2 N–H and O–H groups in total. The van der Waals surface area contributed by atoms with E-state index in [2.05, 4.69) is 15.6 Å². The average molecular weight is 455 g/mol. The van der Waals surface area contributed by atoms with E-state index in [-0.39, 0.29) is 39.9 Å². The van der Waals surface area contributed by atoms with Crippen LogP contribution in [0, 0.1) is 5.82 Å². The van der Waals surface area contributed by atoms with Gasteiger partial charge in [-0.1, -0.05) is 23.7 Å². The van der Waals surface area contributed by atoms with Crippen LogP contribution in [0.5, 0.6) is 5.75 Å². The van der Waals surface area contributed by atoms with E-state index >= 15 is 0 Å². The summed E-state index contributed by atoms with van der Waals surface area (Å²) in [5.41, 5.74) is -0.499. The Hall–Kier alpha value is -3.39. The Morgan fingerprint density at radius 1 is 1.12 bits per heavy atom. The predicted molar refractivity (Wildman–Crippen MR) is 118 cm³/mol. The number of benzene rings is 1. The van der Waals surface area contributed by atoms with Gasteiger partial charge in [0, 0.05) is 29.4 Å². The number of anilines is 1. The first-order chi connectivity index (χ1) is 15.4. The molecule has 0 atom stereocenters. The maximum absolute atomic E-state index is 13.5. The molecule has 3 fully saturated rings. The summed E-state index contributed by atoms with van der Waals surface area (Å²) >= 11 is 5.64. The lowest BCUT2D eigenvalue weighted by molar-refractivity contribution is -0.135. The molecule has 164 valence electrons. The highest BCUT2D eigenvalue weighted by molar-refractivity contribution is 6.30. The van der Waals surface area contributed by atoms with Gasteiger partial charge in [0.1, 0.15) is 23.2 Å². The highest BCUT2D eigenvalue weighted by atomic mass is 35.5. The molecular formula is C23H20ClFN4O3. The van der Waals surface area contributed by atoms with Gasteiger partial charge in [0.05, 0.1) is 5.02 Å². The normalized spacial score (nSPS) is 22.9. The van der Waals surface area contributed by atoms with E-state index in [1.54, 1.807) is 24.4 Å². The third-order valence-electron chi connectivity index (χ3n) is 5.89. The van der Waals surface area contributed by atoms with Crippen molar-refractivity contribution >= 4 is 23.3 Å². The molecule has 2 bridgehead atoms. The van der Waals surface area contributed by atoms with Crippen molar-refractivity contribution in [2.45, 2.75) is 30.3 Å². The number of hydrogen-bond acceptors (Lipinski definition) is 5. The largest absolute Gasteiger partial charge is 0.484 e. The SMILES string of the molecule is O=C(COc1ccc(Cl)c(F)c1)NC12CC(Nc3cccc(-n4ccccc4=O)n3)(C1)C2. The van der Waals surface area contributed by atoms with E-state index in [1.807, 2.05) is 12.1 Å². The number of hydrogen-bond donors (Lipinski definition) is 2. The fraction of sp³-hybridized carbons (Fsp3) is 0.261. The maximum Gasteiger partial charge on any atom is 0.258 e. The van der Waals surface area contributed by atoms with Gasteiger partial charge in [-0.05, 0) is 49.6 Å².